The summed E-state index contributed by atoms with van der Waals surface area (Å²) in [6.45, 7) is 0.496. The van der Waals surface area contributed by atoms with Crippen molar-refractivity contribution in [1.82, 2.24) is 15.3 Å². The summed E-state index contributed by atoms with van der Waals surface area (Å²) in [5.74, 6) is -0.971. The molecule has 0 saturated heterocycles. The number of rotatable bonds is 5. The Morgan fingerprint density at radius 3 is 3.11 bits per heavy atom. The molecule has 2 rings (SSSR count). The molecule has 0 amide bonds. The van der Waals surface area contributed by atoms with Gasteiger partial charge in [-0.2, -0.15) is 11.8 Å². The van der Waals surface area contributed by atoms with Gasteiger partial charge >= 0.3 is 5.97 Å². The van der Waals surface area contributed by atoms with Crippen molar-refractivity contribution in [2.24, 2.45) is 0 Å². The maximum Gasteiger partial charge on any atom is 0.339 e. The molecule has 1 heterocycles. The standard InChI is InChI=1S/C12H17N3O2S/c1-18-9-3-2-8(4-9)14-6-11-10(12(16)17)5-13-7-15-11/h5,7-9,14H,2-4,6H2,1H3,(H,16,17). The van der Waals surface area contributed by atoms with Crippen LogP contribution in [0.2, 0.25) is 0 Å². The Bertz CT molecular complexity index is 428. The number of nitrogens with zero attached hydrogens (tertiary/aromatic N) is 2. The van der Waals surface area contributed by atoms with Crippen LogP contribution in [0.1, 0.15) is 35.3 Å². The monoisotopic (exact) mass is 267 g/mol. The van der Waals surface area contributed by atoms with Gasteiger partial charge < -0.3 is 10.4 Å². The van der Waals surface area contributed by atoms with Gasteiger partial charge in [-0.25, -0.2) is 14.8 Å². The summed E-state index contributed by atoms with van der Waals surface area (Å²) in [4.78, 5) is 18.8. The number of hydrogen-bond donors (Lipinski definition) is 2. The number of carboxylic acids is 1. The second-order valence-corrected chi connectivity index (χ2v) is 5.57. The first-order valence-electron chi connectivity index (χ1n) is 5.99. The third kappa shape index (κ3) is 3.20. The molecule has 1 fully saturated rings. The Hall–Kier alpha value is -1.14. The van der Waals surface area contributed by atoms with Crippen molar-refractivity contribution >= 4 is 17.7 Å². The van der Waals surface area contributed by atoms with E-state index in [0.29, 0.717) is 18.3 Å². The van der Waals surface area contributed by atoms with Crippen LogP contribution in [0.3, 0.4) is 0 Å². The third-order valence-corrected chi connectivity index (χ3v) is 4.40. The number of nitrogens with one attached hydrogen (secondary N) is 1. The third-order valence-electron chi connectivity index (χ3n) is 3.30. The smallest absolute Gasteiger partial charge is 0.339 e. The van der Waals surface area contributed by atoms with Crippen molar-refractivity contribution in [3.05, 3.63) is 23.8 Å². The van der Waals surface area contributed by atoms with Crippen LogP contribution in [0.25, 0.3) is 0 Å². The molecule has 1 saturated carbocycles. The Morgan fingerprint density at radius 2 is 2.44 bits per heavy atom. The number of aromatic carboxylic acids is 1. The quantitative estimate of drug-likeness (QED) is 0.843. The highest BCUT2D eigenvalue weighted by molar-refractivity contribution is 7.99. The van der Waals surface area contributed by atoms with E-state index in [-0.39, 0.29) is 5.56 Å². The molecule has 0 aromatic carbocycles. The normalized spacial score (nSPS) is 23.2. The minimum absolute atomic E-state index is 0.185. The maximum absolute atomic E-state index is 11.0. The fourth-order valence-corrected chi connectivity index (χ4v) is 3.05. The Balaban J connectivity index is 1.92. The largest absolute Gasteiger partial charge is 0.478 e. The Morgan fingerprint density at radius 1 is 1.61 bits per heavy atom. The van der Waals surface area contributed by atoms with E-state index >= 15 is 0 Å². The Labute approximate surface area is 110 Å². The summed E-state index contributed by atoms with van der Waals surface area (Å²) in [5, 5.41) is 13.1. The van der Waals surface area contributed by atoms with E-state index < -0.39 is 5.97 Å². The van der Waals surface area contributed by atoms with E-state index in [1.807, 2.05) is 11.8 Å². The lowest BCUT2D eigenvalue weighted by Gasteiger charge is -2.13. The molecule has 1 aliphatic carbocycles. The summed E-state index contributed by atoms with van der Waals surface area (Å²) in [6.07, 6.45) is 8.41. The van der Waals surface area contributed by atoms with Crippen LogP contribution in [0.4, 0.5) is 0 Å². The molecule has 2 N–H and O–H groups in total. The molecule has 1 aliphatic rings. The van der Waals surface area contributed by atoms with Gasteiger partial charge in [0.05, 0.1) is 5.69 Å². The van der Waals surface area contributed by atoms with Crippen LogP contribution in [-0.4, -0.2) is 38.6 Å². The van der Waals surface area contributed by atoms with Crippen LogP contribution in [-0.2, 0) is 6.54 Å². The molecule has 2 atom stereocenters. The molecule has 0 aliphatic heterocycles. The zero-order valence-corrected chi connectivity index (χ0v) is 11.1. The van der Waals surface area contributed by atoms with Crippen LogP contribution >= 0.6 is 11.8 Å². The number of carboxylic acid groups (broad SMARTS) is 1. The van der Waals surface area contributed by atoms with E-state index in [1.54, 1.807) is 0 Å². The first kappa shape index (κ1) is 13.3. The highest BCUT2D eigenvalue weighted by atomic mass is 32.2. The van der Waals surface area contributed by atoms with E-state index in [1.165, 1.54) is 18.9 Å². The molecule has 2 unspecified atom stereocenters. The lowest BCUT2D eigenvalue weighted by Crippen LogP contribution is -2.27. The van der Waals surface area contributed by atoms with Crippen LogP contribution < -0.4 is 5.32 Å². The van der Waals surface area contributed by atoms with Crippen molar-refractivity contribution in [1.29, 1.82) is 0 Å². The minimum atomic E-state index is -0.971. The van der Waals surface area contributed by atoms with Crippen molar-refractivity contribution in [3.8, 4) is 0 Å². The average molecular weight is 267 g/mol. The number of hydrogen-bond acceptors (Lipinski definition) is 5. The summed E-state index contributed by atoms with van der Waals surface area (Å²) < 4.78 is 0. The zero-order chi connectivity index (χ0) is 13.0. The van der Waals surface area contributed by atoms with Crippen molar-refractivity contribution in [3.63, 3.8) is 0 Å². The molecular weight excluding hydrogens is 250 g/mol. The highest BCUT2D eigenvalue weighted by Gasteiger charge is 2.23. The predicted molar refractivity (Wildman–Crippen MR) is 70.8 cm³/mol. The van der Waals surface area contributed by atoms with Crippen molar-refractivity contribution in [2.75, 3.05) is 6.26 Å². The number of carbonyl (C=O) groups is 1. The predicted octanol–water partition coefficient (Wildman–Crippen LogP) is 1.55. The van der Waals surface area contributed by atoms with Crippen molar-refractivity contribution < 1.29 is 9.90 Å². The Kier molecular flexibility index (Phi) is 4.54. The van der Waals surface area contributed by atoms with Crippen molar-refractivity contribution in [2.45, 2.75) is 37.1 Å². The molecule has 1 aromatic heterocycles. The first-order valence-corrected chi connectivity index (χ1v) is 7.28. The molecule has 1 aromatic rings. The van der Waals surface area contributed by atoms with Gasteiger partial charge in [-0.15, -0.1) is 0 Å². The lowest BCUT2D eigenvalue weighted by atomic mass is 10.2. The summed E-state index contributed by atoms with van der Waals surface area (Å²) in [6, 6.07) is 0.471. The highest BCUT2D eigenvalue weighted by Crippen LogP contribution is 2.28. The molecule has 5 nitrogen and oxygen atoms in total. The number of thioether (sulfide) groups is 1. The molecule has 0 bridgehead atoms. The summed E-state index contributed by atoms with van der Waals surface area (Å²) in [7, 11) is 0. The van der Waals surface area contributed by atoms with Gasteiger partial charge in [-0.1, -0.05) is 0 Å². The first-order chi connectivity index (χ1) is 8.70. The molecule has 6 heteroatoms. The SMILES string of the molecule is CSC1CCC(NCc2ncncc2C(=O)O)C1. The molecule has 0 spiro atoms. The van der Waals surface area contributed by atoms with Gasteiger partial charge in [0.25, 0.3) is 0 Å². The van der Waals surface area contributed by atoms with E-state index in [0.717, 1.165) is 18.1 Å². The second kappa shape index (κ2) is 6.15. The molecule has 98 valence electrons. The van der Waals surface area contributed by atoms with E-state index in [4.69, 9.17) is 5.11 Å². The average Bonchev–Trinajstić information content (AvgIpc) is 2.84. The number of aromatic nitrogens is 2. The van der Waals surface area contributed by atoms with Gasteiger partial charge in [0.1, 0.15) is 11.9 Å². The molecule has 18 heavy (non-hydrogen) atoms. The van der Waals surface area contributed by atoms with Crippen LogP contribution in [0.15, 0.2) is 12.5 Å². The van der Waals surface area contributed by atoms with E-state index in [2.05, 4.69) is 21.5 Å². The fourth-order valence-electron chi connectivity index (χ4n) is 2.26. The fraction of sp³-hybridized carbons (Fsp3) is 0.583. The lowest BCUT2D eigenvalue weighted by molar-refractivity contribution is 0.0694. The van der Waals surface area contributed by atoms with E-state index in [9.17, 15) is 4.79 Å². The second-order valence-electron chi connectivity index (χ2n) is 4.44. The van der Waals surface area contributed by atoms with Gasteiger partial charge in [0.2, 0.25) is 0 Å². The summed E-state index contributed by atoms with van der Waals surface area (Å²) in [5.41, 5.74) is 0.745. The van der Waals surface area contributed by atoms with Crippen LogP contribution in [0, 0.1) is 0 Å². The molecule has 0 radical (unpaired) electrons. The van der Waals surface area contributed by atoms with Gasteiger partial charge in [-0.05, 0) is 25.5 Å². The van der Waals surface area contributed by atoms with Gasteiger partial charge in [0, 0.05) is 24.0 Å². The maximum atomic E-state index is 11.0. The molecular formula is C12H17N3O2S. The van der Waals surface area contributed by atoms with Gasteiger partial charge in [-0.3, -0.25) is 0 Å². The van der Waals surface area contributed by atoms with Crippen LogP contribution in [0.5, 0.6) is 0 Å². The summed E-state index contributed by atoms with van der Waals surface area (Å²) >= 11 is 1.91. The zero-order valence-electron chi connectivity index (χ0n) is 10.3. The minimum Gasteiger partial charge on any atom is -0.478 e. The van der Waals surface area contributed by atoms with Gasteiger partial charge in [0.15, 0.2) is 0 Å². The topological polar surface area (TPSA) is 75.1 Å².